The molecule has 0 saturated carbocycles. The Hall–Kier alpha value is -0.820. The summed E-state index contributed by atoms with van der Waals surface area (Å²) in [6.07, 6.45) is 1.38. The molecule has 0 N–H and O–H groups in total. The fourth-order valence-corrected chi connectivity index (χ4v) is 4.86. The van der Waals surface area contributed by atoms with E-state index in [9.17, 15) is 13.2 Å². The minimum Gasteiger partial charge on any atom is -0.343 e. The van der Waals surface area contributed by atoms with Gasteiger partial charge in [0, 0.05) is 26.2 Å². The first-order valence-electron chi connectivity index (χ1n) is 8.05. The van der Waals surface area contributed by atoms with Crippen LogP contribution in [0, 0.1) is 5.92 Å². The Kier molecular flexibility index (Phi) is 6.53. The summed E-state index contributed by atoms with van der Waals surface area (Å²) in [5.74, 6) is -0.273. The van der Waals surface area contributed by atoms with Gasteiger partial charge in [0.25, 0.3) is 0 Å². The second-order valence-electron chi connectivity index (χ2n) is 5.79. The fourth-order valence-electron chi connectivity index (χ4n) is 2.94. The van der Waals surface area contributed by atoms with E-state index in [4.69, 9.17) is 23.2 Å². The normalized spacial score (nSPS) is 19.2. The van der Waals surface area contributed by atoms with Crippen LogP contribution >= 0.6 is 23.2 Å². The zero-order valence-electron chi connectivity index (χ0n) is 13.8. The van der Waals surface area contributed by atoms with Gasteiger partial charge in [-0.3, -0.25) is 4.79 Å². The number of sulfonamides is 1. The second-order valence-corrected chi connectivity index (χ2v) is 8.54. The van der Waals surface area contributed by atoms with Gasteiger partial charge in [-0.15, -0.1) is 0 Å². The molecule has 1 atom stereocenters. The number of amides is 1. The van der Waals surface area contributed by atoms with Crippen LogP contribution in [0.1, 0.15) is 26.7 Å². The van der Waals surface area contributed by atoms with E-state index in [1.165, 1.54) is 22.5 Å². The lowest BCUT2D eigenvalue weighted by Gasteiger charge is -2.33. The summed E-state index contributed by atoms with van der Waals surface area (Å²) in [6, 6.07) is 4.27. The molecule has 1 amide bonds. The Morgan fingerprint density at radius 2 is 1.92 bits per heavy atom. The predicted octanol–water partition coefficient (Wildman–Crippen LogP) is 3.26. The van der Waals surface area contributed by atoms with Gasteiger partial charge in [0.05, 0.1) is 20.9 Å². The zero-order chi connectivity index (χ0) is 17.9. The predicted molar refractivity (Wildman–Crippen MR) is 95.9 cm³/mol. The summed E-state index contributed by atoms with van der Waals surface area (Å²) < 4.78 is 27.0. The molecule has 0 aliphatic carbocycles. The van der Waals surface area contributed by atoms with E-state index in [0.29, 0.717) is 37.5 Å². The van der Waals surface area contributed by atoms with E-state index in [1.54, 1.807) is 4.90 Å². The third-order valence-electron chi connectivity index (χ3n) is 4.34. The molecule has 0 spiro atoms. The van der Waals surface area contributed by atoms with Crippen LogP contribution in [0.2, 0.25) is 10.0 Å². The van der Waals surface area contributed by atoms with Crippen LogP contribution in [0.25, 0.3) is 0 Å². The van der Waals surface area contributed by atoms with Crippen LogP contribution in [-0.4, -0.2) is 49.7 Å². The van der Waals surface area contributed by atoms with Crippen molar-refractivity contribution in [1.29, 1.82) is 0 Å². The molecule has 8 heteroatoms. The molecule has 0 bridgehead atoms. The van der Waals surface area contributed by atoms with Crippen molar-refractivity contribution in [3.05, 3.63) is 28.2 Å². The third-order valence-corrected chi connectivity index (χ3v) is 6.94. The highest BCUT2D eigenvalue weighted by molar-refractivity contribution is 7.89. The summed E-state index contributed by atoms with van der Waals surface area (Å²) in [7, 11) is -3.69. The number of halogens is 2. The zero-order valence-corrected chi connectivity index (χ0v) is 16.2. The fraction of sp³-hybridized carbons (Fsp3) is 0.562. The molecule has 134 valence electrons. The number of benzene rings is 1. The van der Waals surface area contributed by atoms with Gasteiger partial charge in [0.2, 0.25) is 15.9 Å². The number of hydrogen-bond acceptors (Lipinski definition) is 3. The molecule has 0 radical (unpaired) electrons. The molecular formula is C16H22Cl2N2O3S. The Balaban J connectivity index is 2.21. The molecule has 1 aliphatic heterocycles. The standard InChI is InChI=1S/C16H22Cl2N2O3S/c1-3-19(4-2)16(21)12-6-5-9-20(11-12)24(22,23)13-7-8-14(17)15(18)10-13/h7-8,10,12H,3-6,9,11H2,1-2H3. The summed E-state index contributed by atoms with van der Waals surface area (Å²) in [5.41, 5.74) is 0. The van der Waals surface area contributed by atoms with E-state index in [0.717, 1.165) is 0 Å². The SMILES string of the molecule is CCN(CC)C(=O)C1CCCN(S(=O)(=O)c2ccc(Cl)c(Cl)c2)C1. The quantitative estimate of drug-likeness (QED) is 0.772. The highest BCUT2D eigenvalue weighted by Crippen LogP contribution is 2.29. The summed E-state index contributed by atoms with van der Waals surface area (Å²) in [5, 5.41) is 0.509. The van der Waals surface area contributed by atoms with Crippen LogP contribution in [0.5, 0.6) is 0 Å². The van der Waals surface area contributed by atoms with Crippen LogP contribution in [0.4, 0.5) is 0 Å². The van der Waals surface area contributed by atoms with Crippen molar-refractivity contribution in [2.45, 2.75) is 31.6 Å². The highest BCUT2D eigenvalue weighted by Gasteiger charge is 2.34. The van der Waals surface area contributed by atoms with Gasteiger partial charge in [-0.1, -0.05) is 23.2 Å². The topological polar surface area (TPSA) is 57.7 Å². The lowest BCUT2D eigenvalue weighted by Crippen LogP contribution is -2.46. The Bertz CT molecular complexity index is 705. The number of carbonyl (C=O) groups excluding carboxylic acids is 1. The summed E-state index contributed by atoms with van der Waals surface area (Å²) in [4.78, 5) is 14.4. The minimum atomic E-state index is -3.69. The maximum atomic E-state index is 12.8. The van der Waals surface area contributed by atoms with Crippen LogP contribution in [-0.2, 0) is 14.8 Å². The molecule has 2 rings (SSSR count). The first kappa shape index (κ1) is 19.5. The van der Waals surface area contributed by atoms with Crippen molar-refractivity contribution < 1.29 is 13.2 Å². The average molecular weight is 393 g/mol. The van der Waals surface area contributed by atoms with Gasteiger partial charge in [-0.05, 0) is 44.9 Å². The van der Waals surface area contributed by atoms with Crippen molar-refractivity contribution in [3.63, 3.8) is 0 Å². The van der Waals surface area contributed by atoms with Gasteiger partial charge in [-0.2, -0.15) is 4.31 Å². The first-order chi connectivity index (χ1) is 11.3. The van der Waals surface area contributed by atoms with Crippen molar-refractivity contribution in [2.24, 2.45) is 5.92 Å². The van der Waals surface area contributed by atoms with E-state index in [2.05, 4.69) is 0 Å². The largest absolute Gasteiger partial charge is 0.343 e. The number of hydrogen-bond donors (Lipinski definition) is 0. The van der Waals surface area contributed by atoms with Gasteiger partial charge in [-0.25, -0.2) is 8.42 Å². The minimum absolute atomic E-state index is 0.0223. The molecule has 1 fully saturated rings. The lowest BCUT2D eigenvalue weighted by molar-refractivity contribution is -0.136. The molecule has 1 heterocycles. The maximum Gasteiger partial charge on any atom is 0.243 e. The van der Waals surface area contributed by atoms with Crippen LogP contribution in [0.15, 0.2) is 23.1 Å². The summed E-state index contributed by atoms with van der Waals surface area (Å²) >= 11 is 11.8. The van der Waals surface area contributed by atoms with Crippen molar-refractivity contribution in [2.75, 3.05) is 26.2 Å². The highest BCUT2D eigenvalue weighted by atomic mass is 35.5. The Morgan fingerprint density at radius 1 is 1.25 bits per heavy atom. The molecule has 1 unspecified atom stereocenters. The Labute approximate surface area is 153 Å². The molecule has 1 aliphatic rings. The first-order valence-corrected chi connectivity index (χ1v) is 10.2. The molecule has 0 aromatic heterocycles. The van der Waals surface area contributed by atoms with E-state index in [1.807, 2.05) is 13.8 Å². The van der Waals surface area contributed by atoms with Crippen LogP contribution in [0.3, 0.4) is 0 Å². The smallest absolute Gasteiger partial charge is 0.243 e. The third kappa shape index (κ3) is 4.04. The molecule has 1 aromatic carbocycles. The average Bonchev–Trinajstić information content (AvgIpc) is 2.58. The van der Waals surface area contributed by atoms with Crippen molar-refractivity contribution in [3.8, 4) is 0 Å². The van der Waals surface area contributed by atoms with Gasteiger partial charge in [0.15, 0.2) is 0 Å². The van der Waals surface area contributed by atoms with Gasteiger partial charge in [0.1, 0.15) is 0 Å². The monoisotopic (exact) mass is 392 g/mol. The van der Waals surface area contributed by atoms with Gasteiger partial charge < -0.3 is 4.90 Å². The van der Waals surface area contributed by atoms with Crippen LogP contribution < -0.4 is 0 Å². The number of piperidine rings is 1. The molecule has 1 saturated heterocycles. The van der Waals surface area contributed by atoms with Crippen molar-refractivity contribution in [1.82, 2.24) is 9.21 Å². The maximum absolute atomic E-state index is 12.8. The number of rotatable bonds is 5. The second kappa shape index (κ2) is 8.04. The van der Waals surface area contributed by atoms with E-state index >= 15 is 0 Å². The van der Waals surface area contributed by atoms with E-state index in [-0.39, 0.29) is 28.3 Å². The summed E-state index contributed by atoms with van der Waals surface area (Å²) in [6.45, 7) is 5.72. The van der Waals surface area contributed by atoms with E-state index < -0.39 is 10.0 Å². The molecule has 1 aromatic rings. The molecule has 24 heavy (non-hydrogen) atoms. The number of nitrogens with zero attached hydrogens (tertiary/aromatic N) is 2. The number of carbonyl (C=O) groups is 1. The lowest BCUT2D eigenvalue weighted by atomic mass is 9.98. The molecule has 5 nitrogen and oxygen atoms in total. The molecular weight excluding hydrogens is 371 g/mol. The Morgan fingerprint density at radius 3 is 2.50 bits per heavy atom. The van der Waals surface area contributed by atoms with Gasteiger partial charge >= 0.3 is 0 Å². The van der Waals surface area contributed by atoms with Crippen molar-refractivity contribution >= 4 is 39.1 Å².